The Morgan fingerprint density at radius 2 is 2.06 bits per heavy atom. The fourth-order valence-corrected chi connectivity index (χ4v) is 1.62. The largest absolute Gasteiger partial charge is 0.394 e. The molecule has 96 valence electrons. The van der Waals surface area contributed by atoms with Crippen molar-refractivity contribution in [2.24, 2.45) is 0 Å². The topological polar surface area (TPSA) is 50.7 Å². The molecule has 0 spiro atoms. The van der Waals surface area contributed by atoms with Gasteiger partial charge in [-0.25, -0.2) is 0 Å². The van der Waals surface area contributed by atoms with Gasteiger partial charge in [-0.05, 0) is 32.6 Å². The van der Waals surface area contributed by atoms with Gasteiger partial charge >= 0.3 is 0 Å². The molecule has 4 nitrogen and oxygen atoms in total. The third kappa shape index (κ3) is 5.80. The minimum atomic E-state index is -0.178. The SMILES string of the molecule is COCCCOCCC(C)(CO)NC1CC1. The first-order valence-electron chi connectivity index (χ1n) is 6.15. The number of hydrogen-bond donors (Lipinski definition) is 2. The maximum atomic E-state index is 9.36. The molecule has 2 N–H and O–H groups in total. The highest BCUT2D eigenvalue weighted by Gasteiger charge is 2.31. The van der Waals surface area contributed by atoms with Crippen LogP contribution < -0.4 is 5.32 Å². The number of methoxy groups -OCH3 is 1. The smallest absolute Gasteiger partial charge is 0.0611 e. The van der Waals surface area contributed by atoms with Crippen LogP contribution >= 0.6 is 0 Å². The standard InChI is InChI=1S/C12H25NO3/c1-12(10-14,13-11-4-5-11)6-9-16-8-3-7-15-2/h11,13-14H,3-10H2,1-2H3. The van der Waals surface area contributed by atoms with Crippen LogP contribution in [0.3, 0.4) is 0 Å². The van der Waals surface area contributed by atoms with Crippen molar-refractivity contribution >= 4 is 0 Å². The number of ether oxygens (including phenoxy) is 2. The molecule has 1 aliphatic carbocycles. The Morgan fingerprint density at radius 3 is 2.62 bits per heavy atom. The summed E-state index contributed by atoms with van der Waals surface area (Å²) in [6.07, 6.45) is 4.27. The molecule has 0 bridgehead atoms. The Morgan fingerprint density at radius 1 is 1.31 bits per heavy atom. The first kappa shape index (κ1) is 13.9. The second-order valence-electron chi connectivity index (χ2n) is 4.85. The predicted molar refractivity (Wildman–Crippen MR) is 63.6 cm³/mol. The van der Waals surface area contributed by atoms with Gasteiger partial charge in [0.1, 0.15) is 0 Å². The first-order chi connectivity index (χ1) is 7.70. The van der Waals surface area contributed by atoms with E-state index in [0.717, 1.165) is 26.1 Å². The van der Waals surface area contributed by atoms with E-state index in [9.17, 15) is 5.11 Å². The number of aliphatic hydroxyl groups is 1. The van der Waals surface area contributed by atoms with Gasteiger partial charge in [-0.3, -0.25) is 0 Å². The van der Waals surface area contributed by atoms with Crippen LogP contribution in [0.25, 0.3) is 0 Å². The lowest BCUT2D eigenvalue weighted by atomic mass is 9.99. The van der Waals surface area contributed by atoms with Crippen LogP contribution in [-0.4, -0.2) is 50.2 Å². The molecule has 0 aromatic carbocycles. The Kier molecular flexibility index (Phi) is 6.28. The van der Waals surface area contributed by atoms with E-state index in [1.165, 1.54) is 12.8 Å². The van der Waals surface area contributed by atoms with Gasteiger partial charge in [0.2, 0.25) is 0 Å². The Balaban J connectivity index is 2.03. The lowest BCUT2D eigenvalue weighted by molar-refractivity contribution is 0.0723. The normalized spacial score (nSPS) is 19.7. The van der Waals surface area contributed by atoms with Crippen molar-refractivity contribution in [1.29, 1.82) is 0 Å². The Hall–Kier alpha value is -0.160. The van der Waals surface area contributed by atoms with Crippen molar-refractivity contribution in [2.75, 3.05) is 33.5 Å². The second-order valence-corrected chi connectivity index (χ2v) is 4.85. The maximum Gasteiger partial charge on any atom is 0.0611 e. The quantitative estimate of drug-likeness (QED) is 0.549. The molecule has 1 saturated carbocycles. The van der Waals surface area contributed by atoms with E-state index in [-0.39, 0.29) is 12.1 Å². The Labute approximate surface area is 98.3 Å². The molecule has 0 saturated heterocycles. The maximum absolute atomic E-state index is 9.36. The molecule has 0 amide bonds. The molecule has 1 atom stereocenters. The third-order valence-corrected chi connectivity index (χ3v) is 2.91. The van der Waals surface area contributed by atoms with Gasteiger partial charge in [0.15, 0.2) is 0 Å². The number of rotatable bonds is 10. The predicted octanol–water partition coefficient (Wildman–Crippen LogP) is 0.933. The number of nitrogens with one attached hydrogen (secondary N) is 1. The summed E-state index contributed by atoms with van der Waals surface area (Å²) in [4.78, 5) is 0. The number of aliphatic hydroxyl groups excluding tert-OH is 1. The zero-order valence-electron chi connectivity index (χ0n) is 10.5. The van der Waals surface area contributed by atoms with E-state index >= 15 is 0 Å². The third-order valence-electron chi connectivity index (χ3n) is 2.91. The molecule has 0 heterocycles. The lowest BCUT2D eigenvalue weighted by Gasteiger charge is -2.28. The summed E-state index contributed by atoms with van der Waals surface area (Å²) < 4.78 is 10.4. The molecule has 1 rings (SSSR count). The van der Waals surface area contributed by atoms with Crippen LogP contribution in [0.1, 0.15) is 32.6 Å². The van der Waals surface area contributed by atoms with Crippen molar-refractivity contribution in [3.63, 3.8) is 0 Å². The van der Waals surface area contributed by atoms with Crippen LogP contribution in [0.5, 0.6) is 0 Å². The molecule has 1 unspecified atom stereocenters. The van der Waals surface area contributed by atoms with Crippen LogP contribution in [0.2, 0.25) is 0 Å². The Bertz CT molecular complexity index is 185. The summed E-state index contributed by atoms with van der Waals surface area (Å²) in [5.41, 5.74) is -0.178. The van der Waals surface area contributed by atoms with Crippen molar-refractivity contribution in [2.45, 2.75) is 44.2 Å². The summed E-state index contributed by atoms with van der Waals surface area (Å²) >= 11 is 0. The van der Waals surface area contributed by atoms with Crippen LogP contribution in [0, 0.1) is 0 Å². The lowest BCUT2D eigenvalue weighted by Crippen LogP contribution is -2.47. The molecule has 0 radical (unpaired) electrons. The van der Waals surface area contributed by atoms with Crippen LogP contribution in [-0.2, 0) is 9.47 Å². The van der Waals surface area contributed by atoms with E-state index in [1.807, 2.05) is 0 Å². The molecule has 0 aliphatic heterocycles. The zero-order chi connectivity index (χ0) is 11.9. The molecule has 1 fully saturated rings. The fourth-order valence-electron chi connectivity index (χ4n) is 1.62. The van der Waals surface area contributed by atoms with Crippen molar-refractivity contribution < 1.29 is 14.6 Å². The molecule has 16 heavy (non-hydrogen) atoms. The minimum absolute atomic E-state index is 0.172. The summed E-state index contributed by atoms with van der Waals surface area (Å²) in [6.45, 7) is 4.41. The zero-order valence-corrected chi connectivity index (χ0v) is 10.5. The number of hydrogen-bond acceptors (Lipinski definition) is 4. The summed E-state index contributed by atoms with van der Waals surface area (Å²) in [7, 11) is 1.70. The highest BCUT2D eigenvalue weighted by molar-refractivity contribution is 4.92. The fraction of sp³-hybridized carbons (Fsp3) is 1.00. The van der Waals surface area contributed by atoms with Crippen LogP contribution in [0.4, 0.5) is 0 Å². The molecule has 0 aromatic heterocycles. The monoisotopic (exact) mass is 231 g/mol. The molecule has 1 aliphatic rings. The van der Waals surface area contributed by atoms with E-state index in [4.69, 9.17) is 9.47 Å². The van der Waals surface area contributed by atoms with E-state index < -0.39 is 0 Å². The van der Waals surface area contributed by atoms with Gasteiger partial charge in [0.25, 0.3) is 0 Å². The van der Waals surface area contributed by atoms with Crippen molar-refractivity contribution in [1.82, 2.24) is 5.32 Å². The van der Waals surface area contributed by atoms with Gasteiger partial charge in [0.05, 0.1) is 6.61 Å². The van der Waals surface area contributed by atoms with E-state index in [1.54, 1.807) is 7.11 Å². The summed E-state index contributed by atoms with van der Waals surface area (Å²) in [5, 5.41) is 12.8. The second kappa shape index (κ2) is 7.22. The van der Waals surface area contributed by atoms with Gasteiger partial charge in [-0.1, -0.05) is 0 Å². The molecule has 0 aromatic rings. The van der Waals surface area contributed by atoms with E-state index in [2.05, 4.69) is 12.2 Å². The highest BCUT2D eigenvalue weighted by atomic mass is 16.5. The van der Waals surface area contributed by atoms with Gasteiger partial charge in [-0.2, -0.15) is 0 Å². The summed E-state index contributed by atoms with van der Waals surface area (Å²) in [6, 6.07) is 0.616. The van der Waals surface area contributed by atoms with Crippen molar-refractivity contribution in [3.05, 3.63) is 0 Å². The van der Waals surface area contributed by atoms with Gasteiger partial charge in [0, 0.05) is 38.5 Å². The molecule has 4 heteroatoms. The van der Waals surface area contributed by atoms with Crippen LogP contribution in [0.15, 0.2) is 0 Å². The average molecular weight is 231 g/mol. The minimum Gasteiger partial charge on any atom is -0.394 e. The molecular formula is C12H25NO3. The van der Waals surface area contributed by atoms with Gasteiger partial charge in [-0.15, -0.1) is 0 Å². The first-order valence-corrected chi connectivity index (χ1v) is 6.15. The van der Waals surface area contributed by atoms with Crippen molar-refractivity contribution in [3.8, 4) is 0 Å². The summed E-state index contributed by atoms with van der Waals surface area (Å²) in [5.74, 6) is 0. The highest BCUT2D eigenvalue weighted by Crippen LogP contribution is 2.23. The average Bonchev–Trinajstić information content (AvgIpc) is 3.07. The molecular weight excluding hydrogens is 206 g/mol. The van der Waals surface area contributed by atoms with Gasteiger partial charge < -0.3 is 19.9 Å². The van der Waals surface area contributed by atoms with E-state index in [0.29, 0.717) is 12.6 Å².